The molecule has 2 saturated carbocycles. The van der Waals surface area contributed by atoms with Crippen molar-refractivity contribution in [2.75, 3.05) is 37.9 Å². The fraction of sp³-hybridized carbons (Fsp3) is 0.593. The third-order valence-electron chi connectivity index (χ3n) is 7.96. The van der Waals surface area contributed by atoms with Crippen LogP contribution in [0.5, 0.6) is 0 Å². The van der Waals surface area contributed by atoms with Gasteiger partial charge in [0.05, 0.1) is 11.2 Å². The lowest BCUT2D eigenvalue weighted by Gasteiger charge is -2.31. The van der Waals surface area contributed by atoms with E-state index >= 15 is 4.39 Å². The first kappa shape index (κ1) is 29.5. The highest BCUT2D eigenvalue weighted by Crippen LogP contribution is 2.38. The predicted octanol–water partition coefficient (Wildman–Crippen LogP) is 5.03. The number of nitrogens with zero attached hydrogens (tertiary/aromatic N) is 3. The van der Waals surface area contributed by atoms with Crippen molar-refractivity contribution < 1.29 is 32.6 Å². The monoisotopic (exact) mass is 606 g/mol. The van der Waals surface area contributed by atoms with Gasteiger partial charge in [-0.05, 0) is 37.8 Å². The van der Waals surface area contributed by atoms with E-state index in [-0.39, 0.29) is 23.0 Å². The minimum Gasteiger partial charge on any atom is -0.424 e. The summed E-state index contributed by atoms with van der Waals surface area (Å²) in [7, 11) is -0.997. The van der Waals surface area contributed by atoms with Crippen LogP contribution in [0.25, 0.3) is 10.9 Å². The fourth-order valence-electron chi connectivity index (χ4n) is 5.68. The number of fused-ring (bicyclic) bond motifs is 1. The van der Waals surface area contributed by atoms with Crippen LogP contribution in [0, 0.1) is 5.82 Å². The normalized spacial score (nSPS) is 19.2. The molecule has 0 spiro atoms. The van der Waals surface area contributed by atoms with Crippen LogP contribution in [0.4, 0.5) is 14.9 Å². The van der Waals surface area contributed by atoms with E-state index in [4.69, 9.17) is 9.47 Å². The zero-order valence-corrected chi connectivity index (χ0v) is 24.4. The van der Waals surface area contributed by atoms with E-state index in [0.29, 0.717) is 37.1 Å². The van der Waals surface area contributed by atoms with Crippen molar-refractivity contribution in [1.29, 1.82) is 0 Å². The van der Waals surface area contributed by atoms with Gasteiger partial charge < -0.3 is 24.3 Å². The van der Waals surface area contributed by atoms with Gasteiger partial charge >= 0.3 is 12.1 Å². The molecule has 0 unspecified atom stereocenters. The Hall–Kier alpha value is -2.94. The number of carbonyl (C=O) groups excluding carboxylic acids is 2. The smallest absolute Gasteiger partial charge is 0.414 e. The summed E-state index contributed by atoms with van der Waals surface area (Å²) in [6.07, 6.45) is 7.32. The van der Waals surface area contributed by atoms with Crippen LogP contribution in [0.1, 0.15) is 67.8 Å². The lowest BCUT2D eigenvalue weighted by atomic mass is 10.1. The minimum absolute atomic E-state index is 0.0750. The van der Waals surface area contributed by atoms with Gasteiger partial charge in [0.25, 0.3) is 0 Å². The van der Waals surface area contributed by atoms with E-state index in [0.717, 1.165) is 51.6 Å². The van der Waals surface area contributed by atoms with Crippen molar-refractivity contribution >= 4 is 45.6 Å². The molecule has 11 nitrogen and oxygen atoms in total. The minimum atomic E-state index is -1.12. The first-order valence-corrected chi connectivity index (χ1v) is 15.8. The molecule has 220 valence electrons. The zero-order chi connectivity index (χ0) is 28.9. The number of hydrogen-bond acceptors (Lipinski definition) is 9. The second kappa shape index (κ2) is 13.4. The maximum absolute atomic E-state index is 15.2. The molecule has 0 bridgehead atoms. The van der Waals surface area contributed by atoms with E-state index in [9.17, 15) is 23.5 Å². The lowest BCUT2D eigenvalue weighted by Crippen LogP contribution is -2.44. The summed E-state index contributed by atoms with van der Waals surface area (Å²) < 4.78 is 50.6. The van der Waals surface area contributed by atoms with Crippen LogP contribution in [-0.2, 0) is 18.6 Å². The number of rotatable bonds is 9. The maximum atomic E-state index is 15.2. The van der Waals surface area contributed by atoms with Crippen molar-refractivity contribution in [3.8, 4) is 0 Å². The topological polar surface area (TPSA) is 127 Å². The molecule has 2 aromatic rings. The van der Waals surface area contributed by atoms with Crippen LogP contribution >= 0.6 is 16.9 Å². The molecule has 2 aliphatic carbocycles. The Morgan fingerprint density at radius 1 is 1.02 bits per heavy atom. The third-order valence-corrected chi connectivity index (χ3v) is 9.40. The summed E-state index contributed by atoms with van der Waals surface area (Å²) in [5, 5.41) is 3.31. The highest BCUT2D eigenvalue weighted by molar-refractivity contribution is 7.44. The molecule has 1 amide bonds. The number of piperazine rings is 1. The lowest BCUT2D eigenvalue weighted by molar-refractivity contribution is -0.0154. The summed E-state index contributed by atoms with van der Waals surface area (Å²) in [6.45, 7) is 1.95. The van der Waals surface area contributed by atoms with Gasteiger partial charge in [-0.2, -0.15) is 0 Å². The van der Waals surface area contributed by atoms with Crippen LogP contribution in [-0.4, -0.2) is 66.1 Å². The van der Waals surface area contributed by atoms with Gasteiger partial charge in [-0.3, -0.25) is 18.8 Å². The number of esters is 1. The van der Waals surface area contributed by atoms with E-state index in [2.05, 4.69) is 5.32 Å². The highest BCUT2D eigenvalue weighted by atomic mass is 31.1. The molecule has 5 rings (SSSR count). The van der Waals surface area contributed by atoms with Crippen molar-refractivity contribution in [3.63, 3.8) is 0 Å². The third kappa shape index (κ3) is 6.60. The van der Waals surface area contributed by atoms with Gasteiger partial charge in [0, 0.05) is 49.8 Å². The number of amides is 1. The summed E-state index contributed by atoms with van der Waals surface area (Å²) >= 11 is 0. The van der Waals surface area contributed by atoms with Gasteiger partial charge in [-0.25, -0.2) is 14.0 Å². The summed E-state index contributed by atoms with van der Waals surface area (Å²) in [5.41, 5.74) is -1.11. The summed E-state index contributed by atoms with van der Waals surface area (Å²) in [4.78, 5) is 42.4. The molecule has 41 heavy (non-hydrogen) atoms. The number of carbonyl (C=O) groups is 2. The van der Waals surface area contributed by atoms with Gasteiger partial charge in [0.1, 0.15) is 11.4 Å². The van der Waals surface area contributed by atoms with E-state index in [1.807, 2.05) is 9.47 Å². The molecule has 2 heterocycles. The first-order valence-electron chi connectivity index (χ1n) is 14.0. The molecule has 1 aromatic heterocycles. The Morgan fingerprint density at radius 2 is 1.71 bits per heavy atom. The number of pyridine rings is 1. The molecule has 1 N–H and O–H groups in total. The number of benzene rings is 1. The van der Waals surface area contributed by atoms with E-state index < -0.39 is 52.5 Å². The van der Waals surface area contributed by atoms with Gasteiger partial charge in [0.2, 0.25) is 12.2 Å². The Labute approximate surface area is 239 Å². The van der Waals surface area contributed by atoms with Crippen molar-refractivity contribution in [3.05, 3.63) is 39.9 Å². The van der Waals surface area contributed by atoms with Gasteiger partial charge in [-0.1, -0.05) is 25.7 Å². The number of anilines is 1. The van der Waals surface area contributed by atoms with Crippen LogP contribution in [0.3, 0.4) is 0 Å². The number of hydrogen-bond donors (Lipinski definition) is 1. The van der Waals surface area contributed by atoms with Crippen LogP contribution < -0.4 is 15.6 Å². The molecule has 1 aliphatic heterocycles. The molecule has 1 saturated heterocycles. The number of nitrogens with one attached hydrogen (secondary N) is 1. The number of aromatic nitrogens is 1. The molecule has 3 fully saturated rings. The molecule has 1 aromatic carbocycles. The molecular formula is C27H33FN4O7P2. The highest BCUT2D eigenvalue weighted by Gasteiger charge is 2.34. The average molecular weight is 607 g/mol. The molecule has 0 atom stereocenters. The van der Waals surface area contributed by atoms with E-state index in [1.54, 1.807) is 6.07 Å². The predicted molar refractivity (Wildman–Crippen MR) is 151 cm³/mol. The van der Waals surface area contributed by atoms with Crippen LogP contribution in [0.2, 0.25) is 0 Å². The Balaban J connectivity index is 1.34. The van der Waals surface area contributed by atoms with Crippen molar-refractivity contribution in [2.45, 2.75) is 69.0 Å². The van der Waals surface area contributed by atoms with E-state index in [1.165, 1.54) is 17.2 Å². The molecular weight excluding hydrogens is 573 g/mol. The van der Waals surface area contributed by atoms with Gasteiger partial charge in [-0.15, -0.1) is 0 Å². The number of halogens is 1. The first-order chi connectivity index (χ1) is 19.9. The Morgan fingerprint density at radius 3 is 2.34 bits per heavy atom. The van der Waals surface area contributed by atoms with Crippen LogP contribution in [0.15, 0.2) is 23.1 Å². The fourth-order valence-corrected chi connectivity index (χ4v) is 6.60. The van der Waals surface area contributed by atoms with Crippen molar-refractivity contribution in [2.24, 2.45) is 0 Å². The zero-order valence-electron chi connectivity index (χ0n) is 22.6. The maximum Gasteiger partial charge on any atom is 0.414 e. The molecule has 0 radical (unpaired) electrons. The Bertz CT molecular complexity index is 1360. The standard InChI is InChI=1S/C27H33FN4O7P2/c28-21-13-19-22(14-23(21)30-11-9-29-10-12-30)31(17-7-8-17)15-20(24(19)33)25(34)38-16-39-26(35)32(27(40-36)41-37)18-5-3-1-2-4-6-18/h13-15,17-18,27,29H,1-12,16H2. The SMILES string of the molecule is O=PC(P=O)N(C(=O)OCOC(=O)c1cn(C2CC2)c2cc(N3CCNCC3)c(F)cc2c1=O)C1CCCCCC1. The molecule has 3 aliphatic rings. The van der Waals surface area contributed by atoms with Crippen molar-refractivity contribution in [1.82, 2.24) is 14.8 Å². The Kier molecular flexibility index (Phi) is 9.63. The largest absolute Gasteiger partial charge is 0.424 e. The second-order valence-corrected chi connectivity index (χ2v) is 12.4. The molecule has 14 heteroatoms. The quantitative estimate of drug-likeness (QED) is 0.181. The second-order valence-electron chi connectivity index (χ2n) is 10.6. The summed E-state index contributed by atoms with van der Waals surface area (Å²) in [5.74, 6) is -1.55. The van der Waals surface area contributed by atoms with Gasteiger partial charge in [0.15, 0.2) is 22.4 Å². The average Bonchev–Trinajstić information content (AvgIpc) is 3.84. The number of ether oxygens (including phenoxy) is 2. The summed E-state index contributed by atoms with van der Waals surface area (Å²) in [6, 6.07) is 2.63.